The van der Waals surface area contributed by atoms with Crippen molar-refractivity contribution in [2.24, 2.45) is 22.7 Å². The van der Waals surface area contributed by atoms with E-state index < -0.39 is 46.9 Å². The molecule has 3 aromatic rings. The van der Waals surface area contributed by atoms with Crippen molar-refractivity contribution in [3.63, 3.8) is 0 Å². The minimum Gasteiger partial charge on any atom is -0.489 e. The Morgan fingerprint density at radius 2 is 1.59 bits per heavy atom. The number of hydrogen-bond acceptors (Lipinski definition) is 8. The van der Waals surface area contributed by atoms with Crippen LogP contribution in [0.5, 0.6) is 5.75 Å². The average Bonchev–Trinajstić information content (AvgIpc) is 3.67. The van der Waals surface area contributed by atoms with Gasteiger partial charge in [0, 0.05) is 73.0 Å². The summed E-state index contributed by atoms with van der Waals surface area (Å²) in [4.78, 5) is 69.7. The summed E-state index contributed by atoms with van der Waals surface area (Å²) in [5, 5.41) is 29.0. The van der Waals surface area contributed by atoms with Crippen LogP contribution in [0.2, 0.25) is 5.02 Å². The van der Waals surface area contributed by atoms with Gasteiger partial charge in [0.15, 0.2) is 0 Å². The van der Waals surface area contributed by atoms with Gasteiger partial charge < -0.3 is 35.6 Å². The highest BCUT2D eigenvalue weighted by Crippen LogP contribution is 2.55. The van der Waals surface area contributed by atoms with E-state index in [2.05, 4.69) is 61.6 Å². The molecule has 1 aliphatic carbocycles. The molecule has 6 rings (SSSR count). The maximum absolute atomic E-state index is 13.9. The van der Waals surface area contributed by atoms with Crippen LogP contribution in [0.15, 0.2) is 72.8 Å². The minimum atomic E-state index is -0.966. The van der Waals surface area contributed by atoms with Crippen molar-refractivity contribution in [2.45, 2.75) is 111 Å². The van der Waals surface area contributed by atoms with Gasteiger partial charge in [0.1, 0.15) is 30.0 Å². The topological polar surface area (TPSA) is 181 Å². The molecule has 2 aliphatic heterocycles. The lowest BCUT2D eigenvalue weighted by atomic mass is 9.49. The van der Waals surface area contributed by atoms with E-state index in [0.717, 1.165) is 11.1 Å². The number of hydrogen-bond donors (Lipinski definition) is 4. The minimum absolute atomic E-state index is 0.00772. The van der Waals surface area contributed by atoms with Gasteiger partial charge in [-0.15, -0.1) is 0 Å². The van der Waals surface area contributed by atoms with E-state index >= 15 is 0 Å². The first-order valence-electron chi connectivity index (χ1n) is 22.0. The number of carbonyl (C=O) groups is 5. The molecule has 5 amide bonds. The number of rotatable bonds is 12. The van der Waals surface area contributed by atoms with Gasteiger partial charge in [-0.3, -0.25) is 24.0 Å². The van der Waals surface area contributed by atoms with Crippen molar-refractivity contribution in [1.29, 1.82) is 5.26 Å². The second-order valence-corrected chi connectivity index (χ2v) is 19.2. The second-order valence-electron chi connectivity index (χ2n) is 18.8. The van der Waals surface area contributed by atoms with E-state index in [1.54, 1.807) is 49.1 Å². The quantitative estimate of drug-likeness (QED) is 0.165. The van der Waals surface area contributed by atoms with Crippen molar-refractivity contribution in [3.8, 4) is 23.7 Å². The molecule has 0 unspecified atom stereocenters. The SMILES string of the molecule is CC(=O)N[C@H](C(=O)N1C[C@H](O)C[C@H]1C(=O)N[C@@H](CC(=O)N1CCC(C#Cc2ccc(C(=O)NC3C(C)(C)C(Oc4ccc(C#N)c(Cl)c4)C3(C)C)cc2)CC1)c1ccccc1)C(C)C. The number of amides is 5. The Bertz CT molecular complexity index is 2310. The molecule has 0 spiro atoms. The molecule has 0 radical (unpaired) electrons. The van der Waals surface area contributed by atoms with Crippen molar-refractivity contribution in [1.82, 2.24) is 25.8 Å². The predicted octanol–water partition coefficient (Wildman–Crippen LogP) is 5.78. The number of aliphatic hydroxyl groups is 1. The standard InChI is InChI=1S/C50H59ClN6O7/c1-30(2)43(53-31(3)58)46(63)57-29-37(59)25-41(57)45(62)54-40(34-11-9-8-10-12-34)27-42(60)56-23-21-33(22-24-56)14-13-32-15-17-35(18-16-32)44(61)55-47-49(4,5)48(50(47,6)7)64-38-20-19-36(28-52)39(51)26-38/h8-12,15-20,26,30,33,37,40-41,43,47-48,59H,21-25,27,29H2,1-7H3,(H,53,58)(H,54,62)(H,55,61)/t37-,40+,41+,43+,47?,48?/m1/s1. The zero-order valence-corrected chi connectivity index (χ0v) is 38.4. The molecule has 3 aliphatic rings. The third-order valence-corrected chi connectivity index (χ3v) is 13.2. The predicted molar refractivity (Wildman–Crippen MR) is 243 cm³/mol. The fourth-order valence-corrected chi connectivity index (χ4v) is 9.91. The highest BCUT2D eigenvalue weighted by Gasteiger charge is 2.64. The van der Waals surface area contributed by atoms with Crippen LogP contribution in [0.3, 0.4) is 0 Å². The summed E-state index contributed by atoms with van der Waals surface area (Å²) in [6.45, 7) is 14.1. The van der Waals surface area contributed by atoms with Crippen LogP contribution in [0, 0.1) is 45.8 Å². The van der Waals surface area contributed by atoms with Crippen molar-refractivity contribution >= 4 is 41.1 Å². The normalized spacial score (nSPS) is 22.1. The number of nitriles is 1. The molecule has 4 N–H and O–H groups in total. The molecule has 3 aromatic carbocycles. The van der Waals surface area contributed by atoms with Gasteiger partial charge in [0.25, 0.3) is 5.91 Å². The molecule has 1 saturated carbocycles. The molecule has 0 aromatic heterocycles. The van der Waals surface area contributed by atoms with Crippen LogP contribution in [0.25, 0.3) is 0 Å². The smallest absolute Gasteiger partial charge is 0.251 e. The van der Waals surface area contributed by atoms with Gasteiger partial charge in [0.05, 0.1) is 29.2 Å². The van der Waals surface area contributed by atoms with E-state index in [1.165, 1.54) is 11.8 Å². The molecule has 4 atom stereocenters. The van der Waals surface area contributed by atoms with E-state index in [9.17, 15) is 34.3 Å². The van der Waals surface area contributed by atoms with Gasteiger partial charge in [0.2, 0.25) is 23.6 Å². The molecule has 0 bridgehead atoms. The van der Waals surface area contributed by atoms with Crippen molar-refractivity contribution < 1.29 is 33.8 Å². The van der Waals surface area contributed by atoms with Crippen LogP contribution in [-0.4, -0.2) is 94.4 Å². The molecule has 2 heterocycles. The number of benzene rings is 3. The number of carbonyl (C=O) groups excluding carboxylic acids is 5. The summed E-state index contributed by atoms with van der Waals surface area (Å²) in [6, 6.07) is 20.8. The van der Waals surface area contributed by atoms with Crippen LogP contribution in [0.4, 0.5) is 0 Å². The molecule has 14 heteroatoms. The number of β-amino-alcohol motifs (C(OH)–C–C–N with tert-alkyl or cyclic N) is 1. The lowest BCUT2D eigenvalue weighted by Gasteiger charge is -2.63. The Hall–Kier alpha value is -5.89. The van der Waals surface area contributed by atoms with Gasteiger partial charge >= 0.3 is 0 Å². The first kappa shape index (κ1) is 47.6. The number of nitrogens with zero attached hydrogens (tertiary/aromatic N) is 3. The van der Waals surface area contributed by atoms with E-state index in [0.29, 0.717) is 47.8 Å². The average molecular weight is 892 g/mol. The van der Waals surface area contributed by atoms with Crippen molar-refractivity contribution in [2.75, 3.05) is 19.6 Å². The molecule has 64 heavy (non-hydrogen) atoms. The number of ether oxygens (including phenoxy) is 1. The fourth-order valence-electron chi connectivity index (χ4n) is 9.70. The zero-order valence-electron chi connectivity index (χ0n) is 37.6. The highest BCUT2D eigenvalue weighted by molar-refractivity contribution is 6.31. The van der Waals surface area contributed by atoms with Crippen molar-refractivity contribution in [3.05, 3.63) is 100 Å². The third kappa shape index (κ3) is 10.7. The van der Waals surface area contributed by atoms with Gasteiger partial charge in [-0.25, -0.2) is 0 Å². The summed E-state index contributed by atoms with van der Waals surface area (Å²) in [6.07, 6.45) is 0.283. The summed E-state index contributed by atoms with van der Waals surface area (Å²) in [5.74, 6) is 5.42. The lowest BCUT2D eigenvalue weighted by Crippen LogP contribution is -2.74. The summed E-state index contributed by atoms with van der Waals surface area (Å²) >= 11 is 6.24. The van der Waals surface area contributed by atoms with Gasteiger partial charge in [-0.2, -0.15) is 5.26 Å². The Labute approximate surface area is 381 Å². The van der Waals surface area contributed by atoms with Crippen LogP contribution in [-0.2, 0) is 19.2 Å². The van der Waals surface area contributed by atoms with E-state index in [4.69, 9.17) is 16.3 Å². The Balaban J connectivity index is 1.01. The summed E-state index contributed by atoms with van der Waals surface area (Å²) in [7, 11) is 0. The Morgan fingerprint density at radius 1 is 0.938 bits per heavy atom. The lowest BCUT2D eigenvalue weighted by molar-refractivity contribution is -0.164. The second kappa shape index (κ2) is 19.9. The van der Waals surface area contributed by atoms with Crippen LogP contribution < -0.4 is 20.7 Å². The van der Waals surface area contributed by atoms with Gasteiger partial charge in [-0.05, 0) is 60.7 Å². The number of halogens is 1. The van der Waals surface area contributed by atoms with E-state index in [1.807, 2.05) is 42.5 Å². The largest absolute Gasteiger partial charge is 0.489 e. The number of piperidine rings is 1. The first-order chi connectivity index (χ1) is 30.3. The molecule has 338 valence electrons. The van der Waals surface area contributed by atoms with E-state index in [-0.39, 0.29) is 61.1 Å². The van der Waals surface area contributed by atoms with Crippen LogP contribution >= 0.6 is 11.6 Å². The number of nitrogens with one attached hydrogen (secondary N) is 3. The fraction of sp³-hybridized carbons (Fsp3) is 0.480. The Morgan fingerprint density at radius 3 is 2.19 bits per heavy atom. The first-order valence-corrected chi connectivity index (χ1v) is 22.3. The maximum atomic E-state index is 13.9. The van der Waals surface area contributed by atoms with Crippen LogP contribution in [0.1, 0.15) is 107 Å². The number of likely N-dealkylation sites (tertiary alicyclic amines) is 2. The molecular formula is C50H59ClN6O7. The summed E-state index contributed by atoms with van der Waals surface area (Å²) in [5.41, 5.74) is 1.62. The maximum Gasteiger partial charge on any atom is 0.251 e. The monoisotopic (exact) mass is 890 g/mol. The molecule has 3 fully saturated rings. The molecule has 2 saturated heterocycles. The highest BCUT2D eigenvalue weighted by atomic mass is 35.5. The third-order valence-electron chi connectivity index (χ3n) is 12.9. The zero-order chi connectivity index (χ0) is 46.5. The molecular weight excluding hydrogens is 832 g/mol. The Kier molecular flexibility index (Phi) is 14.8. The van der Waals surface area contributed by atoms with Gasteiger partial charge in [-0.1, -0.05) is 95.3 Å². The summed E-state index contributed by atoms with van der Waals surface area (Å²) < 4.78 is 6.36. The number of aliphatic hydroxyl groups excluding tert-OH is 1. The molecule has 13 nitrogen and oxygen atoms in total.